The third-order valence-electron chi connectivity index (χ3n) is 13.9. The van der Waals surface area contributed by atoms with Crippen LogP contribution in [-0.2, 0) is 18.4 Å². The molecule has 2 N–H and O–H groups in total. The van der Waals surface area contributed by atoms with E-state index in [4.69, 9.17) is 9.05 Å². The molecule has 0 spiro atoms. The lowest BCUT2D eigenvalue weighted by atomic mass is 10.0. The summed E-state index contributed by atoms with van der Waals surface area (Å²) in [5, 5.41) is 13.9. The Hall–Kier alpha value is -1.80. The highest BCUT2D eigenvalue weighted by atomic mass is 31.2. The molecule has 3 unspecified atom stereocenters. The van der Waals surface area contributed by atoms with E-state index in [0.29, 0.717) is 17.4 Å². The predicted molar refractivity (Wildman–Crippen MR) is 316 cm³/mol. The molecular weight excluding hydrogens is 924 g/mol. The molecular formula is C64H121N2O6P. The van der Waals surface area contributed by atoms with Gasteiger partial charge in [0.2, 0.25) is 5.91 Å². The van der Waals surface area contributed by atoms with Gasteiger partial charge in [0.1, 0.15) is 13.2 Å². The van der Waals surface area contributed by atoms with Crippen LogP contribution in [0.3, 0.4) is 0 Å². The van der Waals surface area contributed by atoms with Crippen molar-refractivity contribution in [3.63, 3.8) is 0 Å². The largest absolute Gasteiger partial charge is 0.756 e. The van der Waals surface area contributed by atoms with E-state index < -0.39 is 26.6 Å². The first-order valence-electron chi connectivity index (χ1n) is 31.2. The van der Waals surface area contributed by atoms with Crippen LogP contribution in [0.1, 0.15) is 290 Å². The number of likely N-dealkylation sites (N-methyl/N-ethyl adjacent to an activating group) is 1. The summed E-state index contributed by atoms with van der Waals surface area (Å²) in [5.74, 6) is -0.208. The first-order chi connectivity index (χ1) is 35.5. The van der Waals surface area contributed by atoms with Gasteiger partial charge in [-0.3, -0.25) is 9.36 Å². The number of hydrogen-bond donors (Lipinski definition) is 2. The van der Waals surface area contributed by atoms with Crippen molar-refractivity contribution in [2.75, 3.05) is 40.9 Å². The Morgan fingerprint density at radius 2 is 0.808 bits per heavy atom. The number of nitrogens with one attached hydrogen (secondary N) is 1. The van der Waals surface area contributed by atoms with E-state index in [2.05, 4.69) is 67.8 Å². The zero-order valence-corrected chi connectivity index (χ0v) is 49.7. The number of nitrogens with zero attached hydrogens (tertiary/aromatic N) is 1. The molecule has 0 aromatic heterocycles. The van der Waals surface area contributed by atoms with Crippen LogP contribution in [0.5, 0.6) is 0 Å². The zero-order valence-electron chi connectivity index (χ0n) is 48.8. The first-order valence-corrected chi connectivity index (χ1v) is 32.6. The van der Waals surface area contributed by atoms with Gasteiger partial charge in [-0.15, -0.1) is 0 Å². The average molecular weight is 1050 g/mol. The molecule has 0 aliphatic rings. The molecule has 1 amide bonds. The van der Waals surface area contributed by atoms with Crippen LogP contribution in [0.4, 0.5) is 0 Å². The minimum Gasteiger partial charge on any atom is -0.756 e. The first kappa shape index (κ1) is 71.2. The van der Waals surface area contributed by atoms with E-state index in [1.54, 1.807) is 6.08 Å². The Balaban J connectivity index is 4.14. The Kier molecular flexibility index (Phi) is 53.6. The van der Waals surface area contributed by atoms with Crippen LogP contribution in [0, 0.1) is 0 Å². The van der Waals surface area contributed by atoms with Gasteiger partial charge in [-0.2, -0.15) is 0 Å². The number of carbonyl (C=O) groups is 1. The molecule has 0 aliphatic carbocycles. The van der Waals surface area contributed by atoms with E-state index in [9.17, 15) is 19.4 Å². The summed E-state index contributed by atoms with van der Waals surface area (Å²) in [7, 11) is 1.24. The summed E-state index contributed by atoms with van der Waals surface area (Å²) in [6.45, 7) is 4.63. The van der Waals surface area contributed by atoms with Crippen molar-refractivity contribution in [2.24, 2.45) is 0 Å². The number of carbonyl (C=O) groups excluding carboxylic acids is 1. The van der Waals surface area contributed by atoms with Gasteiger partial charge < -0.3 is 28.8 Å². The third-order valence-corrected chi connectivity index (χ3v) is 14.9. The smallest absolute Gasteiger partial charge is 0.268 e. The molecule has 9 heteroatoms. The Bertz CT molecular complexity index is 1370. The maximum absolute atomic E-state index is 13.0. The molecule has 0 aromatic rings. The maximum atomic E-state index is 13.0. The normalized spacial score (nSPS) is 14.2. The minimum atomic E-state index is -4.61. The number of aliphatic hydroxyl groups is 1. The fourth-order valence-corrected chi connectivity index (χ4v) is 9.76. The zero-order chi connectivity index (χ0) is 53.5. The molecule has 428 valence electrons. The number of aliphatic hydroxyl groups excluding tert-OH is 1. The van der Waals surface area contributed by atoms with E-state index in [1.165, 1.54) is 218 Å². The van der Waals surface area contributed by atoms with Crippen molar-refractivity contribution >= 4 is 13.7 Å². The summed E-state index contributed by atoms with van der Waals surface area (Å²) in [6, 6.07) is -0.911. The Labute approximate surface area is 453 Å². The number of amides is 1. The molecule has 0 radical (unpaired) electrons. The third kappa shape index (κ3) is 57.7. The van der Waals surface area contributed by atoms with Gasteiger partial charge in [0.05, 0.1) is 39.9 Å². The van der Waals surface area contributed by atoms with E-state index in [0.717, 1.165) is 51.4 Å². The summed E-state index contributed by atoms with van der Waals surface area (Å²) in [5.41, 5.74) is 0. The molecule has 8 nitrogen and oxygen atoms in total. The second-order valence-electron chi connectivity index (χ2n) is 22.4. The highest BCUT2D eigenvalue weighted by Gasteiger charge is 2.23. The number of rotatable bonds is 57. The topological polar surface area (TPSA) is 108 Å². The Morgan fingerprint density at radius 3 is 1.19 bits per heavy atom. The van der Waals surface area contributed by atoms with Crippen molar-refractivity contribution in [1.29, 1.82) is 0 Å². The lowest BCUT2D eigenvalue weighted by molar-refractivity contribution is -0.870. The fourth-order valence-electron chi connectivity index (χ4n) is 9.04. The summed E-state index contributed by atoms with van der Waals surface area (Å²) in [4.78, 5) is 25.5. The van der Waals surface area contributed by atoms with Gasteiger partial charge >= 0.3 is 0 Å². The van der Waals surface area contributed by atoms with Gasteiger partial charge in [-0.1, -0.05) is 267 Å². The van der Waals surface area contributed by atoms with E-state index >= 15 is 0 Å². The highest BCUT2D eigenvalue weighted by Crippen LogP contribution is 2.38. The van der Waals surface area contributed by atoms with Crippen molar-refractivity contribution in [1.82, 2.24) is 5.32 Å². The highest BCUT2D eigenvalue weighted by molar-refractivity contribution is 7.45. The van der Waals surface area contributed by atoms with Crippen LogP contribution < -0.4 is 10.2 Å². The second kappa shape index (κ2) is 55.0. The molecule has 0 rings (SSSR count). The predicted octanol–water partition coefficient (Wildman–Crippen LogP) is 18.6. The van der Waals surface area contributed by atoms with Crippen molar-refractivity contribution < 1.29 is 32.9 Å². The molecule has 0 heterocycles. The van der Waals surface area contributed by atoms with Crippen LogP contribution in [0.25, 0.3) is 0 Å². The van der Waals surface area contributed by atoms with Crippen LogP contribution in [-0.4, -0.2) is 68.5 Å². The van der Waals surface area contributed by atoms with Gasteiger partial charge in [0, 0.05) is 6.42 Å². The second-order valence-corrected chi connectivity index (χ2v) is 23.8. The fraction of sp³-hybridized carbons (Fsp3) is 0.828. The molecule has 3 atom stereocenters. The molecule has 0 aromatic carbocycles. The standard InChI is InChI=1S/C64H121N2O6P/c1-6-8-10-12-14-16-18-20-22-24-26-28-29-30-31-32-33-34-35-36-37-38-40-42-44-46-48-50-52-54-56-58-64(68)65-62(61-72-73(69,70)71-60-59-66(3,4)5)63(67)57-55-53-51-49-47-45-43-41-39-27-25-23-21-19-17-15-13-11-9-7-2/h18,20,24,26,39,41,47,49,55,57,62-63,67H,6-17,19,21-23,25,27-38,40,42-46,48,50-54,56,58-61H2,1-5H3,(H-,65,68,69,70)/b20-18-,26-24-,41-39+,49-47+,57-55+. The maximum Gasteiger partial charge on any atom is 0.268 e. The van der Waals surface area contributed by atoms with E-state index in [1.807, 2.05) is 27.2 Å². The molecule has 0 aliphatic heterocycles. The van der Waals surface area contributed by atoms with Crippen LogP contribution >= 0.6 is 7.82 Å². The summed E-state index contributed by atoms with van der Waals surface area (Å²) >= 11 is 0. The van der Waals surface area contributed by atoms with Gasteiger partial charge in [-0.05, 0) is 77.0 Å². The number of phosphoric ester groups is 1. The number of phosphoric acid groups is 1. The molecule has 73 heavy (non-hydrogen) atoms. The quantitative estimate of drug-likeness (QED) is 0.0272. The van der Waals surface area contributed by atoms with Crippen molar-refractivity contribution in [3.05, 3.63) is 60.8 Å². The average Bonchev–Trinajstić information content (AvgIpc) is 3.35. The van der Waals surface area contributed by atoms with Crippen molar-refractivity contribution in [2.45, 2.75) is 302 Å². The number of hydrogen-bond acceptors (Lipinski definition) is 6. The Morgan fingerprint density at radius 1 is 0.479 bits per heavy atom. The van der Waals surface area contributed by atoms with Gasteiger partial charge in [0.15, 0.2) is 0 Å². The van der Waals surface area contributed by atoms with Gasteiger partial charge in [0.25, 0.3) is 7.82 Å². The molecule has 0 fully saturated rings. The number of allylic oxidation sites excluding steroid dienone is 9. The molecule has 0 saturated carbocycles. The van der Waals surface area contributed by atoms with Crippen LogP contribution in [0.15, 0.2) is 60.8 Å². The number of unbranched alkanes of at least 4 members (excludes halogenated alkanes) is 36. The lowest BCUT2D eigenvalue weighted by Crippen LogP contribution is -2.45. The molecule has 0 saturated heterocycles. The minimum absolute atomic E-state index is 0.00924. The van der Waals surface area contributed by atoms with Crippen molar-refractivity contribution in [3.8, 4) is 0 Å². The SMILES string of the molecule is CCCCCCC/C=C\C/C=C\CCCCCCCCCCCCCCCCCCCCCC(=O)NC(COP(=O)([O-])OCC[N+](C)(C)C)C(O)/C=C/CC/C=C/CC/C=C/CCCCCCCCCCCC. The summed E-state index contributed by atoms with van der Waals surface area (Å²) < 4.78 is 23.4. The molecule has 0 bridgehead atoms. The lowest BCUT2D eigenvalue weighted by Gasteiger charge is -2.29. The monoisotopic (exact) mass is 1040 g/mol. The van der Waals surface area contributed by atoms with Gasteiger partial charge in [-0.25, -0.2) is 0 Å². The van der Waals surface area contributed by atoms with Crippen LogP contribution in [0.2, 0.25) is 0 Å². The summed E-state index contributed by atoms with van der Waals surface area (Å²) in [6.07, 6.45) is 74.6. The number of quaternary nitrogens is 1. The van der Waals surface area contributed by atoms with E-state index in [-0.39, 0.29) is 12.5 Å².